The van der Waals surface area contributed by atoms with Crippen molar-refractivity contribution in [3.8, 4) is 5.75 Å². The molecule has 0 saturated carbocycles. The van der Waals surface area contributed by atoms with Crippen molar-refractivity contribution in [2.45, 2.75) is 58.5 Å². The first kappa shape index (κ1) is 24.4. The molecule has 8 heteroatoms. The number of carbonyl (C=O) groups excluding carboxylic acids is 1. The van der Waals surface area contributed by atoms with Crippen LogP contribution in [-0.4, -0.2) is 15.7 Å². The minimum Gasteiger partial charge on any atom is -0.471 e. The summed E-state index contributed by atoms with van der Waals surface area (Å²) < 4.78 is 45.3. The van der Waals surface area contributed by atoms with E-state index in [9.17, 15) is 18.0 Å². The predicted octanol–water partition coefficient (Wildman–Crippen LogP) is 6.33. The summed E-state index contributed by atoms with van der Waals surface area (Å²) in [4.78, 5) is 12.7. The molecule has 2 atom stereocenters. The third-order valence-corrected chi connectivity index (χ3v) is 5.63. The van der Waals surface area contributed by atoms with Crippen LogP contribution in [0.25, 0.3) is 0 Å². The molecule has 0 fully saturated rings. The van der Waals surface area contributed by atoms with Crippen molar-refractivity contribution >= 4 is 5.91 Å². The van der Waals surface area contributed by atoms with Crippen molar-refractivity contribution in [3.63, 3.8) is 0 Å². The molecule has 2 aromatic carbocycles. The highest BCUT2D eigenvalue weighted by Gasteiger charge is 2.30. The maximum Gasteiger partial charge on any atom is 0.416 e. The Bertz CT molecular complexity index is 1060. The van der Waals surface area contributed by atoms with Crippen molar-refractivity contribution in [1.82, 2.24) is 15.1 Å². The Morgan fingerprint density at radius 2 is 1.76 bits per heavy atom. The van der Waals surface area contributed by atoms with E-state index in [1.807, 2.05) is 19.1 Å². The van der Waals surface area contributed by atoms with Gasteiger partial charge in [-0.05, 0) is 54.2 Å². The number of nitrogens with one attached hydrogen (secondary N) is 1. The summed E-state index contributed by atoms with van der Waals surface area (Å²) in [5.41, 5.74) is 1.70. The molecule has 0 radical (unpaired) electrons. The van der Waals surface area contributed by atoms with E-state index in [0.29, 0.717) is 12.3 Å². The molecule has 1 N–H and O–H groups in total. The number of hydrogen-bond donors (Lipinski definition) is 1. The summed E-state index contributed by atoms with van der Waals surface area (Å²) in [5.74, 6) is 0.222. The lowest BCUT2D eigenvalue weighted by atomic mass is 9.95. The Morgan fingerprint density at radius 3 is 2.39 bits per heavy atom. The van der Waals surface area contributed by atoms with Crippen molar-refractivity contribution in [2.75, 3.05) is 0 Å². The number of halogens is 3. The SMILES string of the molecule is CCC(C)c1ccc(C(CC)NC(=O)c2ccn(COc3cccc(C(F)(F)F)c3)n2)cc1. The molecule has 0 saturated heterocycles. The zero-order chi connectivity index (χ0) is 24.0. The molecule has 2 unspecified atom stereocenters. The number of aromatic nitrogens is 2. The molecule has 1 amide bonds. The van der Waals surface area contributed by atoms with Crippen LogP contribution in [0.4, 0.5) is 13.2 Å². The van der Waals surface area contributed by atoms with E-state index in [2.05, 4.69) is 36.4 Å². The molecular formula is C25H28F3N3O2. The first-order valence-corrected chi connectivity index (χ1v) is 11.0. The second-order valence-corrected chi connectivity index (χ2v) is 7.95. The van der Waals surface area contributed by atoms with E-state index in [4.69, 9.17) is 4.74 Å². The highest BCUT2D eigenvalue weighted by atomic mass is 19.4. The molecule has 33 heavy (non-hydrogen) atoms. The van der Waals surface area contributed by atoms with E-state index in [1.165, 1.54) is 22.4 Å². The van der Waals surface area contributed by atoms with Crippen LogP contribution in [0.15, 0.2) is 60.8 Å². The van der Waals surface area contributed by atoms with Gasteiger partial charge < -0.3 is 10.1 Å². The monoisotopic (exact) mass is 459 g/mol. The average molecular weight is 460 g/mol. The molecular weight excluding hydrogens is 431 g/mol. The standard InChI is InChI=1S/C25H28F3N3O2/c1-4-17(3)18-9-11-19(12-10-18)22(5-2)29-24(32)23-13-14-31(30-23)16-33-21-8-6-7-20(15-21)25(26,27)28/h6-15,17,22H,4-5,16H2,1-3H3,(H,29,32). The lowest BCUT2D eigenvalue weighted by Crippen LogP contribution is -2.28. The zero-order valence-corrected chi connectivity index (χ0v) is 18.9. The van der Waals surface area contributed by atoms with Gasteiger partial charge in [0, 0.05) is 6.20 Å². The Balaban J connectivity index is 1.61. The summed E-state index contributed by atoms with van der Waals surface area (Å²) in [6.07, 6.45) is -1.12. The fraction of sp³-hybridized carbons (Fsp3) is 0.360. The minimum atomic E-state index is -4.44. The van der Waals surface area contributed by atoms with Crippen LogP contribution >= 0.6 is 0 Å². The van der Waals surface area contributed by atoms with Crippen molar-refractivity contribution in [2.24, 2.45) is 0 Å². The molecule has 3 aromatic rings. The van der Waals surface area contributed by atoms with Gasteiger partial charge in [0.2, 0.25) is 0 Å². The molecule has 176 valence electrons. The van der Waals surface area contributed by atoms with Gasteiger partial charge in [-0.1, -0.05) is 51.1 Å². The van der Waals surface area contributed by atoms with Gasteiger partial charge in [0.25, 0.3) is 5.91 Å². The Morgan fingerprint density at radius 1 is 1.06 bits per heavy atom. The van der Waals surface area contributed by atoms with Gasteiger partial charge >= 0.3 is 6.18 Å². The quantitative estimate of drug-likeness (QED) is 0.407. The molecule has 1 heterocycles. The van der Waals surface area contributed by atoms with Gasteiger partial charge in [-0.2, -0.15) is 18.3 Å². The third-order valence-electron chi connectivity index (χ3n) is 5.63. The maximum atomic E-state index is 12.8. The first-order valence-electron chi connectivity index (χ1n) is 11.0. The lowest BCUT2D eigenvalue weighted by molar-refractivity contribution is -0.137. The largest absolute Gasteiger partial charge is 0.471 e. The van der Waals surface area contributed by atoms with Crippen LogP contribution < -0.4 is 10.1 Å². The molecule has 5 nitrogen and oxygen atoms in total. The van der Waals surface area contributed by atoms with Crippen molar-refractivity contribution in [3.05, 3.63) is 83.2 Å². The van der Waals surface area contributed by atoms with Crippen LogP contribution in [0.3, 0.4) is 0 Å². The number of alkyl halides is 3. The Hall–Kier alpha value is -3.29. The predicted molar refractivity (Wildman–Crippen MR) is 120 cm³/mol. The Labute approximate surface area is 191 Å². The molecule has 1 aromatic heterocycles. The molecule has 0 aliphatic rings. The van der Waals surface area contributed by atoms with Crippen LogP contribution in [0, 0.1) is 0 Å². The Kier molecular flexibility index (Phi) is 7.79. The number of nitrogens with zero attached hydrogens (tertiary/aromatic N) is 2. The number of ether oxygens (including phenoxy) is 1. The van der Waals surface area contributed by atoms with E-state index < -0.39 is 11.7 Å². The van der Waals surface area contributed by atoms with E-state index in [-0.39, 0.29) is 30.1 Å². The lowest BCUT2D eigenvalue weighted by Gasteiger charge is -2.18. The highest BCUT2D eigenvalue weighted by Crippen LogP contribution is 2.31. The summed E-state index contributed by atoms with van der Waals surface area (Å²) in [6, 6.07) is 14.3. The second kappa shape index (κ2) is 10.6. The average Bonchev–Trinajstić information content (AvgIpc) is 3.29. The van der Waals surface area contributed by atoms with Crippen LogP contribution in [0.2, 0.25) is 0 Å². The molecule has 0 aliphatic heterocycles. The second-order valence-electron chi connectivity index (χ2n) is 7.95. The normalized spacial score (nSPS) is 13.4. The van der Waals surface area contributed by atoms with E-state index in [0.717, 1.165) is 24.1 Å². The molecule has 0 aliphatic carbocycles. The van der Waals surface area contributed by atoms with Crippen LogP contribution in [0.1, 0.15) is 72.8 Å². The van der Waals surface area contributed by atoms with Crippen molar-refractivity contribution in [1.29, 1.82) is 0 Å². The highest BCUT2D eigenvalue weighted by molar-refractivity contribution is 5.92. The fourth-order valence-electron chi connectivity index (χ4n) is 3.40. The third kappa shape index (κ3) is 6.37. The van der Waals surface area contributed by atoms with Crippen LogP contribution in [-0.2, 0) is 12.9 Å². The molecule has 0 bridgehead atoms. The fourth-order valence-corrected chi connectivity index (χ4v) is 3.40. The van der Waals surface area contributed by atoms with Gasteiger partial charge in [-0.15, -0.1) is 0 Å². The van der Waals surface area contributed by atoms with Crippen molar-refractivity contribution < 1.29 is 22.7 Å². The summed E-state index contributed by atoms with van der Waals surface area (Å²) in [7, 11) is 0. The summed E-state index contributed by atoms with van der Waals surface area (Å²) in [5, 5.41) is 7.18. The number of carbonyl (C=O) groups is 1. The maximum absolute atomic E-state index is 12.8. The molecule has 0 spiro atoms. The van der Waals surface area contributed by atoms with E-state index in [1.54, 1.807) is 12.3 Å². The number of rotatable bonds is 9. The summed E-state index contributed by atoms with van der Waals surface area (Å²) >= 11 is 0. The summed E-state index contributed by atoms with van der Waals surface area (Å²) in [6.45, 7) is 6.20. The first-order chi connectivity index (χ1) is 15.7. The van der Waals surface area contributed by atoms with Gasteiger partial charge in [0.1, 0.15) is 11.4 Å². The number of benzene rings is 2. The zero-order valence-electron chi connectivity index (χ0n) is 18.9. The van der Waals surface area contributed by atoms with Gasteiger partial charge in [-0.3, -0.25) is 4.79 Å². The van der Waals surface area contributed by atoms with E-state index >= 15 is 0 Å². The number of amides is 1. The smallest absolute Gasteiger partial charge is 0.416 e. The van der Waals surface area contributed by atoms with Gasteiger partial charge in [0.15, 0.2) is 6.73 Å². The topological polar surface area (TPSA) is 56.2 Å². The van der Waals surface area contributed by atoms with Gasteiger partial charge in [0.05, 0.1) is 11.6 Å². The van der Waals surface area contributed by atoms with Gasteiger partial charge in [-0.25, -0.2) is 4.68 Å². The number of hydrogen-bond acceptors (Lipinski definition) is 3. The molecule has 3 rings (SSSR count). The van der Waals surface area contributed by atoms with Crippen LogP contribution in [0.5, 0.6) is 5.75 Å². The minimum absolute atomic E-state index is 0.0678.